The zero-order chi connectivity index (χ0) is 7.61. The van der Waals surface area contributed by atoms with Gasteiger partial charge in [0.25, 0.3) is 0 Å². The molecule has 0 aromatic rings. The van der Waals surface area contributed by atoms with E-state index in [4.69, 9.17) is 9.84 Å². The number of ether oxygens (including phenoxy) is 1. The van der Waals surface area contributed by atoms with E-state index in [1.54, 1.807) is 6.26 Å². The van der Waals surface area contributed by atoms with Gasteiger partial charge in [-0.25, -0.2) is 0 Å². The SMILES string of the molecule is CC1=COC(C)(CO)CC1. The predicted molar refractivity (Wildman–Crippen MR) is 39.6 cm³/mol. The Morgan fingerprint density at radius 2 is 2.50 bits per heavy atom. The molecule has 1 heterocycles. The maximum absolute atomic E-state index is 8.88. The van der Waals surface area contributed by atoms with E-state index in [0.29, 0.717) is 0 Å². The molecule has 1 aliphatic heterocycles. The maximum atomic E-state index is 8.88. The van der Waals surface area contributed by atoms with Crippen LogP contribution in [0.3, 0.4) is 0 Å². The summed E-state index contributed by atoms with van der Waals surface area (Å²) in [7, 11) is 0. The number of allylic oxidation sites excluding steroid dienone is 1. The molecule has 0 saturated carbocycles. The maximum Gasteiger partial charge on any atom is 0.129 e. The molecule has 2 heteroatoms. The molecule has 1 unspecified atom stereocenters. The molecule has 0 aromatic carbocycles. The molecule has 0 saturated heterocycles. The highest BCUT2D eigenvalue weighted by Crippen LogP contribution is 2.25. The molecule has 0 radical (unpaired) electrons. The van der Waals surface area contributed by atoms with E-state index in [2.05, 4.69) is 0 Å². The van der Waals surface area contributed by atoms with E-state index >= 15 is 0 Å². The third kappa shape index (κ3) is 1.51. The summed E-state index contributed by atoms with van der Waals surface area (Å²) >= 11 is 0. The van der Waals surface area contributed by atoms with Crippen LogP contribution in [0.4, 0.5) is 0 Å². The molecule has 0 aromatic heterocycles. The standard InChI is InChI=1S/C8H14O2/c1-7-3-4-8(2,6-9)10-5-7/h5,9H,3-4,6H2,1-2H3. The van der Waals surface area contributed by atoms with Gasteiger partial charge in [0.15, 0.2) is 0 Å². The summed E-state index contributed by atoms with van der Waals surface area (Å²) in [5.41, 5.74) is 0.936. The van der Waals surface area contributed by atoms with Crippen LogP contribution in [0.5, 0.6) is 0 Å². The molecule has 1 rings (SSSR count). The lowest BCUT2D eigenvalue weighted by atomic mass is 9.96. The van der Waals surface area contributed by atoms with Crippen LogP contribution in [-0.2, 0) is 4.74 Å². The van der Waals surface area contributed by atoms with Crippen molar-refractivity contribution in [2.45, 2.75) is 32.3 Å². The topological polar surface area (TPSA) is 29.5 Å². The molecule has 0 spiro atoms. The largest absolute Gasteiger partial charge is 0.493 e. The van der Waals surface area contributed by atoms with Crippen molar-refractivity contribution in [2.24, 2.45) is 0 Å². The van der Waals surface area contributed by atoms with E-state index in [0.717, 1.165) is 12.8 Å². The fraction of sp³-hybridized carbons (Fsp3) is 0.750. The summed E-state index contributed by atoms with van der Waals surface area (Å²) < 4.78 is 5.31. The molecule has 2 nitrogen and oxygen atoms in total. The van der Waals surface area contributed by atoms with E-state index in [1.165, 1.54) is 5.57 Å². The van der Waals surface area contributed by atoms with E-state index < -0.39 is 0 Å². The first-order chi connectivity index (χ1) is 4.66. The first-order valence-electron chi connectivity index (χ1n) is 3.61. The van der Waals surface area contributed by atoms with Gasteiger partial charge in [-0.05, 0) is 32.3 Å². The second kappa shape index (κ2) is 2.62. The number of aliphatic hydroxyl groups excluding tert-OH is 1. The molecule has 0 bridgehead atoms. The van der Waals surface area contributed by atoms with Crippen molar-refractivity contribution in [1.29, 1.82) is 0 Å². The Balaban J connectivity index is 2.56. The lowest BCUT2D eigenvalue weighted by molar-refractivity contribution is -0.0278. The number of aliphatic hydroxyl groups is 1. The van der Waals surface area contributed by atoms with Gasteiger partial charge in [0, 0.05) is 0 Å². The summed E-state index contributed by atoms with van der Waals surface area (Å²) in [5.74, 6) is 0. The van der Waals surface area contributed by atoms with Crippen LogP contribution in [0, 0.1) is 0 Å². The Morgan fingerprint density at radius 1 is 1.80 bits per heavy atom. The van der Waals surface area contributed by atoms with Crippen LogP contribution in [-0.4, -0.2) is 17.3 Å². The van der Waals surface area contributed by atoms with Crippen molar-refractivity contribution in [2.75, 3.05) is 6.61 Å². The molecule has 0 fully saturated rings. The summed E-state index contributed by atoms with van der Waals surface area (Å²) in [6, 6.07) is 0. The van der Waals surface area contributed by atoms with E-state index in [-0.39, 0.29) is 12.2 Å². The van der Waals surface area contributed by atoms with Crippen LogP contribution >= 0.6 is 0 Å². The first kappa shape index (κ1) is 7.61. The van der Waals surface area contributed by atoms with Gasteiger partial charge in [-0.1, -0.05) is 0 Å². The minimum Gasteiger partial charge on any atom is -0.493 e. The van der Waals surface area contributed by atoms with E-state index in [1.807, 2.05) is 13.8 Å². The summed E-state index contributed by atoms with van der Waals surface area (Å²) in [6.07, 6.45) is 3.71. The average Bonchev–Trinajstić information content (AvgIpc) is 1.96. The monoisotopic (exact) mass is 142 g/mol. The van der Waals surface area contributed by atoms with Crippen LogP contribution in [0.25, 0.3) is 0 Å². The summed E-state index contributed by atoms with van der Waals surface area (Å²) in [6.45, 7) is 4.07. The van der Waals surface area contributed by atoms with Crippen molar-refractivity contribution < 1.29 is 9.84 Å². The Hall–Kier alpha value is -0.500. The van der Waals surface area contributed by atoms with Crippen molar-refractivity contribution in [3.05, 3.63) is 11.8 Å². The lowest BCUT2D eigenvalue weighted by Crippen LogP contribution is -2.33. The van der Waals surface area contributed by atoms with Crippen LogP contribution in [0.2, 0.25) is 0 Å². The van der Waals surface area contributed by atoms with Gasteiger partial charge in [0.2, 0.25) is 0 Å². The van der Waals surface area contributed by atoms with Gasteiger partial charge in [0.05, 0.1) is 12.9 Å². The quantitative estimate of drug-likeness (QED) is 0.600. The minimum absolute atomic E-state index is 0.108. The van der Waals surface area contributed by atoms with Crippen LogP contribution < -0.4 is 0 Å². The average molecular weight is 142 g/mol. The van der Waals surface area contributed by atoms with Crippen LogP contribution in [0.1, 0.15) is 26.7 Å². The molecule has 10 heavy (non-hydrogen) atoms. The van der Waals surface area contributed by atoms with Gasteiger partial charge >= 0.3 is 0 Å². The van der Waals surface area contributed by atoms with E-state index in [9.17, 15) is 0 Å². The molecule has 1 aliphatic rings. The Morgan fingerprint density at radius 3 is 2.90 bits per heavy atom. The second-order valence-corrected chi connectivity index (χ2v) is 3.19. The minimum atomic E-state index is -0.320. The highest BCUT2D eigenvalue weighted by molar-refractivity contribution is 5.00. The molecular weight excluding hydrogens is 128 g/mol. The lowest BCUT2D eigenvalue weighted by Gasteiger charge is -2.30. The Labute approximate surface area is 61.5 Å². The zero-order valence-corrected chi connectivity index (χ0v) is 6.55. The fourth-order valence-electron chi connectivity index (χ4n) is 0.939. The molecule has 0 aliphatic carbocycles. The third-order valence-corrected chi connectivity index (χ3v) is 1.93. The number of rotatable bonds is 1. The van der Waals surface area contributed by atoms with Crippen molar-refractivity contribution in [1.82, 2.24) is 0 Å². The fourth-order valence-corrected chi connectivity index (χ4v) is 0.939. The van der Waals surface area contributed by atoms with Crippen molar-refractivity contribution in [3.8, 4) is 0 Å². The second-order valence-electron chi connectivity index (χ2n) is 3.19. The summed E-state index contributed by atoms with van der Waals surface area (Å²) in [4.78, 5) is 0. The predicted octanol–water partition coefficient (Wildman–Crippen LogP) is 1.45. The van der Waals surface area contributed by atoms with Crippen LogP contribution in [0.15, 0.2) is 11.8 Å². The molecule has 58 valence electrons. The number of hydrogen-bond donors (Lipinski definition) is 1. The molecule has 1 atom stereocenters. The van der Waals surface area contributed by atoms with Crippen molar-refractivity contribution in [3.63, 3.8) is 0 Å². The van der Waals surface area contributed by atoms with Gasteiger partial charge in [-0.2, -0.15) is 0 Å². The van der Waals surface area contributed by atoms with Crippen molar-refractivity contribution >= 4 is 0 Å². The van der Waals surface area contributed by atoms with Gasteiger partial charge in [-0.3, -0.25) is 0 Å². The van der Waals surface area contributed by atoms with Gasteiger partial charge < -0.3 is 9.84 Å². The highest BCUT2D eigenvalue weighted by Gasteiger charge is 2.26. The number of hydrogen-bond acceptors (Lipinski definition) is 2. The Bertz CT molecular complexity index is 151. The van der Waals surface area contributed by atoms with Gasteiger partial charge in [0.1, 0.15) is 5.60 Å². The summed E-state index contributed by atoms with van der Waals surface area (Å²) in [5, 5.41) is 8.88. The molecular formula is C8H14O2. The highest BCUT2D eigenvalue weighted by atomic mass is 16.5. The Kier molecular flexibility index (Phi) is 2.00. The molecule has 0 amide bonds. The zero-order valence-electron chi connectivity index (χ0n) is 6.55. The smallest absolute Gasteiger partial charge is 0.129 e. The third-order valence-electron chi connectivity index (χ3n) is 1.93. The van der Waals surface area contributed by atoms with Gasteiger partial charge in [-0.15, -0.1) is 0 Å². The first-order valence-corrected chi connectivity index (χ1v) is 3.61. The normalized spacial score (nSPS) is 32.9. The molecule has 1 N–H and O–H groups in total.